The van der Waals surface area contributed by atoms with E-state index in [0.29, 0.717) is 5.75 Å². The number of carboxylic acid groups (broad SMARTS) is 1. The van der Waals surface area contributed by atoms with Crippen LogP contribution < -0.4 is 4.74 Å². The van der Waals surface area contributed by atoms with Gasteiger partial charge in [0.15, 0.2) is 0 Å². The normalized spacial score (nSPS) is 20.2. The van der Waals surface area contributed by atoms with E-state index in [0.717, 1.165) is 10.8 Å². The van der Waals surface area contributed by atoms with E-state index < -0.39 is 29.8 Å². The largest absolute Gasteiger partial charge is 0.488 e. The van der Waals surface area contributed by atoms with Gasteiger partial charge in [0.2, 0.25) is 0 Å². The Bertz CT molecular complexity index is 826. The average Bonchev–Trinajstić information content (AvgIpc) is 2.97. The maximum atomic E-state index is 12.3. The topological polar surface area (TPSA) is 76.1 Å². The van der Waals surface area contributed by atoms with Gasteiger partial charge in [-0.1, -0.05) is 30.3 Å². The van der Waals surface area contributed by atoms with Crippen molar-refractivity contribution in [1.82, 2.24) is 4.90 Å². The number of nitrogens with zero attached hydrogens (tertiary/aromatic N) is 1. The number of amides is 1. The van der Waals surface area contributed by atoms with Gasteiger partial charge in [0.1, 0.15) is 23.5 Å². The predicted octanol–water partition coefficient (Wildman–Crippen LogP) is 3.68. The summed E-state index contributed by atoms with van der Waals surface area (Å²) in [5.74, 6) is -0.399. The van der Waals surface area contributed by atoms with Crippen molar-refractivity contribution in [2.75, 3.05) is 6.54 Å². The maximum Gasteiger partial charge on any atom is 0.411 e. The first-order chi connectivity index (χ1) is 12.2. The summed E-state index contributed by atoms with van der Waals surface area (Å²) in [6.07, 6.45) is -0.805. The summed E-state index contributed by atoms with van der Waals surface area (Å²) in [4.78, 5) is 25.1. The molecule has 0 bridgehead atoms. The summed E-state index contributed by atoms with van der Waals surface area (Å²) in [7, 11) is 0. The molecule has 1 heterocycles. The van der Waals surface area contributed by atoms with Crippen LogP contribution in [0.1, 0.15) is 27.2 Å². The van der Waals surface area contributed by atoms with Gasteiger partial charge in [0, 0.05) is 6.42 Å². The molecule has 138 valence electrons. The molecule has 6 nitrogen and oxygen atoms in total. The second kappa shape index (κ2) is 6.86. The Labute approximate surface area is 152 Å². The van der Waals surface area contributed by atoms with Gasteiger partial charge >= 0.3 is 12.1 Å². The molecule has 0 radical (unpaired) electrons. The molecule has 2 aromatic carbocycles. The quantitative estimate of drug-likeness (QED) is 0.907. The van der Waals surface area contributed by atoms with E-state index in [1.807, 2.05) is 42.5 Å². The molecule has 1 fully saturated rings. The van der Waals surface area contributed by atoms with Crippen molar-refractivity contribution in [1.29, 1.82) is 0 Å². The summed E-state index contributed by atoms with van der Waals surface area (Å²) >= 11 is 0. The molecule has 0 aromatic heterocycles. The number of benzene rings is 2. The van der Waals surface area contributed by atoms with Crippen LogP contribution in [0, 0.1) is 0 Å². The van der Waals surface area contributed by atoms with Crippen molar-refractivity contribution in [2.24, 2.45) is 0 Å². The van der Waals surface area contributed by atoms with Crippen LogP contribution in [-0.4, -0.2) is 46.4 Å². The van der Waals surface area contributed by atoms with E-state index in [2.05, 4.69) is 0 Å². The van der Waals surface area contributed by atoms with Gasteiger partial charge in [-0.2, -0.15) is 0 Å². The average molecular weight is 357 g/mol. The third-order valence-corrected chi connectivity index (χ3v) is 4.20. The van der Waals surface area contributed by atoms with Crippen LogP contribution in [-0.2, 0) is 9.53 Å². The van der Waals surface area contributed by atoms with E-state index in [1.54, 1.807) is 20.8 Å². The monoisotopic (exact) mass is 357 g/mol. The molecule has 1 amide bonds. The van der Waals surface area contributed by atoms with Crippen LogP contribution >= 0.6 is 0 Å². The first kappa shape index (κ1) is 18.0. The Morgan fingerprint density at radius 1 is 1.12 bits per heavy atom. The van der Waals surface area contributed by atoms with Crippen molar-refractivity contribution in [3.63, 3.8) is 0 Å². The molecule has 1 saturated heterocycles. The molecule has 26 heavy (non-hydrogen) atoms. The van der Waals surface area contributed by atoms with Crippen LogP contribution in [0.5, 0.6) is 5.75 Å². The molecule has 6 heteroatoms. The molecular formula is C20H23NO5. The van der Waals surface area contributed by atoms with Gasteiger partial charge in [-0.15, -0.1) is 0 Å². The Kier molecular flexibility index (Phi) is 4.76. The third-order valence-electron chi connectivity index (χ3n) is 4.20. The van der Waals surface area contributed by atoms with Crippen molar-refractivity contribution in [2.45, 2.75) is 44.9 Å². The lowest BCUT2D eigenvalue weighted by Crippen LogP contribution is -2.43. The summed E-state index contributed by atoms with van der Waals surface area (Å²) < 4.78 is 11.3. The highest BCUT2D eigenvalue weighted by atomic mass is 16.6. The predicted molar refractivity (Wildman–Crippen MR) is 97.3 cm³/mol. The van der Waals surface area contributed by atoms with Crippen LogP contribution in [0.2, 0.25) is 0 Å². The Balaban J connectivity index is 1.74. The first-order valence-corrected chi connectivity index (χ1v) is 8.61. The Morgan fingerprint density at radius 2 is 1.81 bits per heavy atom. The van der Waals surface area contributed by atoms with Gasteiger partial charge < -0.3 is 14.6 Å². The van der Waals surface area contributed by atoms with Gasteiger partial charge in [-0.3, -0.25) is 4.90 Å². The van der Waals surface area contributed by atoms with Gasteiger partial charge in [-0.25, -0.2) is 9.59 Å². The number of hydrogen-bond donors (Lipinski definition) is 1. The number of fused-ring (bicyclic) bond motifs is 1. The highest BCUT2D eigenvalue weighted by Gasteiger charge is 2.42. The number of carboxylic acids is 1. The number of carbonyl (C=O) groups is 2. The van der Waals surface area contributed by atoms with Gasteiger partial charge in [-0.05, 0) is 43.7 Å². The molecule has 0 saturated carbocycles. The number of rotatable bonds is 3. The van der Waals surface area contributed by atoms with Gasteiger partial charge in [0.25, 0.3) is 0 Å². The van der Waals surface area contributed by atoms with Crippen molar-refractivity contribution >= 4 is 22.8 Å². The van der Waals surface area contributed by atoms with Crippen molar-refractivity contribution in [3.05, 3.63) is 42.5 Å². The number of ether oxygens (including phenoxy) is 2. The van der Waals surface area contributed by atoms with Crippen LogP contribution in [0.3, 0.4) is 0 Å². The zero-order valence-electron chi connectivity index (χ0n) is 15.1. The number of hydrogen-bond acceptors (Lipinski definition) is 4. The minimum atomic E-state index is -1.06. The van der Waals surface area contributed by atoms with E-state index in [-0.39, 0.29) is 13.0 Å². The van der Waals surface area contributed by atoms with E-state index >= 15 is 0 Å². The van der Waals surface area contributed by atoms with Crippen LogP contribution in [0.15, 0.2) is 42.5 Å². The minimum Gasteiger partial charge on any atom is -0.488 e. The molecule has 2 aromatic rings. The molecule has 1 N–H and O–H groups in total. The number of aliphatic carboxylic acids is 1. The van der Waals surface area contributed by atoms with E-state index in [4.69, 9.17) is 9.47 Å². The fourth-order valence-electron chi connectivity index (χ4n) is 3.07. The highest BCUT2D eigenvalue weighted by molar-refractivity contribution is 5.84. The second-order valence-electron chi connectivity index (χ2n) is 7.47. The molecular weight excluding hydrogens is 334 g/mol. The summed E-state index contributed by atoms with van der Waals surface area (Å²) in [5.41, 5.74) is -0.683. The molecule has 2 atom stereocenters. The second-order valence-corrected chi connectivity index (χ2v) is 7.47. The Hall–Kier alpha value is -2.76. The summed E-state index contributed by atoms with van der Waals surface area (Å²) in [6.45, 7) is 5.43. The highest BCUT2D eigenvalue weighted by Crippen LogP contribution is 2.27. The minimum absolute atomic E-state index is 0.179. The Morgan fingerprint density at radius 3 is 2.46 bits per heavy atom. The SMILES string of the molecule is CC(C)(C)OC(=O)N1C[C@H](Oc2ccc3ccccc3c2)C[C@H]1C(=O)O. The lowest BCUT2D eigenvalue weighted by atomic mass is 10.1. The van der Waals surface area contributed by atoms with Crippen LogP contribution in [0.4, 0.5) is 4.79 Å². The van der Waals surface area contributed by atoms with Gasteiger partial charge in [0.05, 0.1) is 6.54 Å². The smallest absolute Gasteiger partial charge is 0.411 e. The number of carbonyl (C=O) groups excluding carboxylic acids is 1. The lowest BCUT2D eigenvalue weighted by molar-refractivity contribution is -0.142. The molecule has 1 aliphatic rings. The molecule has 0 unspecified atom stereocenters. The molecule has 0 spiro atoms. The molecule has 3 rings (SSSR count). The third kappa shape index (κ3) is 4.07. The maximum absolute atomic E-state index is 12.3. The van der Waals surface area contributed by atoms with Crippen LogP contribution in [0.25, 0.3) is 10.8 Å². The fourth-order valence-corrected chi connectivity index (χ4v) is 3.07. The van der Waals surface area contributed by atoms with Crippen molar-refractivity contribution < 1.29 is 24.2 Å². The molecule has 1 aliphatic heterocycles. The zero-order chi connectivity index (χ0) is 18.9. The first-order valence-electron chi connectivity index (χ1n) is 8.61. The standard InChI is InChI=1S/C20H23NO5/c1-20(2,3)26-19(24)21-12-16(11-17(21)18(22)23)25-15-9-8-13-6-4-5-7-14(13)10-15/h4-10,16-17H,11-12H2,1-3H3,(H,22,23)/t16-,17+/m1/s1. The zero-order valence-corrected chi connectivity index (χ0v) is 15.1. The fraction of sp³-hybridized carbons (Fsp3) is 0.400. The summed E-state index contributed by atoms with van der Waals surface area (Å²) in [6, 6.07) is 12.7. The van der Waals surface area contributed by atoms with E-state index in [9.17, 15) is 14.7 Å². The van der Waals surface area contributed by atoms with E-state index in [1.165, 1.54) is 4.90 Å². The lowest BCUT2D eigenvalue weighted by Gasteiger charge is -2.26. The number of likely N-dealkylation sites (tertiary alicyclic amines) is 1. The summed E-state index contributed by atoms with van der Waals surface area (Å²) in [5, 5.41) is 11.6. The van der Waals surface area contributed by atoms with Crippen molar-refractivity contribution in [3.8, 4) is 5.75 Å². The molecule has 0 aliphatic carbocycles.